The summed E-state index contributed by atoms with van der Waals surface area (Å²) in [6.45, 7) is 0. The maximum absolute atomic E-state index is 8.36. The summed E-state index contributed by atoms with van der Waals surface area (Å²) in [5.41, 5.74) is 0. The summed E-state index contributed by atoms with van der Waals surface area (Å²) in [7, 11) is 0. The minimum atomic E-state index is -1.50. The Morgan fingerprint density at radius 3 is 0.692 bits per heavy atom. The quantitative estimate of drug-likeness (QED) is 0.271. The predicted octanol–water partition coefficient (Wildman–Crippen LogP) is -1.05. The van der Waals surface area contributed by atoms with Gasteiger partial charge in [0.05, 0.1) is 0 Å². The van der Waals surface area contributed by atoms with Crippen LogP contribution in [0, 0.1) is 30.3 Å². The molecule has 0 amide bonds. The van der Waals surface area contributed by atoms with Gasteiger partial charge in [0.15, 0.2) is 0 Å². The number of hydrogen-bond acceptors (Lipinski definition) is 6. The zero-order valence-corrected chi connectivity index (χ0v) is 6.59. The smallest absolute Gasteiger partial charge is 0.291 e. The van der Waals surface area contributed by atoms with Crippen molar-refractivity contribution in [3.05, 3.63) is 30.3 Å². The van der Waals surface area contributed by atoms with Gasteiger partial charge in [-0.2, -0.15) is 0 Å². The van der Waals surface area contributed by atoms with E-state index in [-0.39, 0.29) is 17.1 Å². The number of nitrogens with zero attached hydrogens (tertiary/aromatic N) is 3. The van der Waals surface area contributed by atoms with Crippen LogP contribution in [-0.4, -0.2) is 30.9 Å². The van der Waals surface area contributed by atoms with E-state index < -0.39 is 15.3 Å². The standard InChI is InChI=1S/Fe.3HNO3/c;3*2-1(3)4/h;3*(H,2,3,4). The van der Waals surface area contributed by atoms with Gasteiger partial charge in [0.1, 0.15) is 0 Å². The first kappa shape index (κ1) is 22.5. The van der Waals surface area contributed by atoms with E-state index in [9.17, 15) is 0 Å². The van der Waals surface area contributed by atoms with Crippen molar-refractivity contribution in [2.24, 2.45) is 0 Å². The van der Waals surface area contributed by atoms with Crippen LogP contribution in [0.1, 0.15) is 0 Å². The second kappa shape index (κ2) is 16.6. The summed E-state index contributed by atoms with van der Waals surface area (Å²) in [6.07, 6.45) is 0. The molecular formula is H3FeN3O9. The van der Waals surface area contributed by atoms with E-state index in [4.69, 9.17) is 46.0 Å². The molecular weight excluding hydrogens is 242 g/mol. The van der Waals surface area contributed by atoms with Crippen LogP contribution in [-0.2, 0) is 17.1 Å². The van der Waals surface area contributed by atoms with Gasteiger partial charge >= 0.3 is 0 Å². The molecule has 0 saturated carbocycles. The molecule has 0 spiro atoms. The largest absolute Gasteiger partial charge is 0.328 e. The Kier molecular flexibility index (Phi) is 28.7. The minimum Gasteiger partial charge on any atom is -0.328 e. The molecule has 12 nitrogen and oxygen atoms in total. The van der Waals surface area contributed by atoms with Crippen LogP contribution in [0.2, 0.25) is 0 Å². The second-order valence-electron chi connectivity index (χ2n) is 0.714. The van der Waals surface area contributed by atoms with Crippen molar-refractivity contribution >= 4 is 0 Å². The molecule has 0 radical (unpaired) electrons. The van der Waals surface area contributed by atoms with Gasteiger partial charge in [-0.25, -0.2) is 0 Å². The maximum atomic E-state index is 8.36. The monoisotopic (exact) mass is 245 g/mol. The Morgan fingerprint density at radius 2 is 0.692 bits per heavy atom. The van der Waals surface area contributed by atoms with Crippen LogP contribution in [0.5, 0.6) is 0 Å². The van der Waals surface area contributed by atoms with Gasteiger partial charge in [-0.05, 0) is 0 Å². The van der Waals surface area contributed by atoms with Gasteiger partial charge in [0.2, 0.25) is 0 Å². The number of hydrogen-bond donors (Lipinski definition) is 3. The first-order chi connectivity index (χ1) is 5.20. The van der Waals surface area contributed by atoms with Crippen LogP contribution in [0.25, 0.3) is 0 Å². The van der Waals surface area contributed by atoms with Crippen LogP contribution >= 0.6 is 0 Å². The van der Waals surface area contributed by atoms with Crippen molar-refractivity contribution in [1.29, 1.82) is 0 Å². The molecule has 0 unspecified atom stereocenters. The van der Waals surface area contributed by atoms with Gasteiger partial charge in [-0.15, -0.1) is 30.3 Å². The van der Waals surface area contributed by atoms with Gasteiger partial charge in [0.25, 0.3) is 15.3 Å². The van der Waals surface area contributed by atoms with E-state index in [1.54, 1.807) is 0 Å². The molecule has 0 aromatic rings. The van der Waals surface area contributed by atoms with Crippen molar-refractivity contribution in [3.8, 4) is 0 Å². The van der Waals surface area contributed by atoms with Crippen LogP contribution in [0.15, 0.2) is 0 Å². The maximum Gasteiger partial charge on any atom is 0.291 e. The fraction of sp³-hybridized carbons (Fsp3) is 0. The molecule has 13 heavy (non-hydrogen) atoms. The fourth-order valence-corrected chi connectivity index (χ4v) is 0. The SMILES string of the molecule is O=[N+]([O-])O.O=[N+]([O-])O.O=[N+]([O-])O.[Fe]. The molecule has 0 fully saturated rings. The fourth-order valence-electron chi connectivity index (χ4n) is 0. The third kappa shape index (κ3) is 189. The zero-order valence-electron chi connectivity index (χ0n) is 5.49. The average molecular weight is 245 g/mol. The van der Waals surface area contributed by atoms with Crippen molar-refractivity contribution in [2.75, 3.05) is 0 Å². The molecule has 0 rings (SSSR count). The second-order valence-corrected chi connectivity index (χ2v) is 0.714. The normalized spacial score (nSPS) is 5.54. The Hall–Kier alpha value is -1.88. The van der Waals surface area contributed by atoms with Crippen molar-refractivity contribution in [2.45, 2.75) is 0 Å². The van der Waals surface area contributed by atoms with E-state index in [0.717, 1.165) is 0 Å². The number of rotatable bonds is 0. The molecule has 13 heteroatoms. The summed E-state index contributed by atoms with van der Waals surface area (Å²) in [5, 5.41) is 40.9. The Balaban J connectivity index is -0.0000000450. The van der Waals surface area contributed by atoms with E-state index in [2.05, 4.69) is 0 Å². The molecule has 0 aliphatic heterocycles. The molecule has 0 bridgehead atoms. The summed E-state index contributed by atoms with van der Waals surface area (Å²) in [6, 6.07) is 0. The molecule has 0 aliphatic carbocycles. The van der Waals surface area contributed by atoms with Gasteiger partial charge in [0, 0.05) is 17.1 Å². The predicted molar refractivity (Wildman–Crippen MR) is 26.3 cm³/mol. The molecule has 80 valence electrons. The summed E-state index contributed by atoms with van der Waals surface area (Å²) < 4.78 is 0. The summed E-state index contributed by atoms with van der Waals surface area (Å²) in [5.74, 6) is 0. The Morgan fingerprint density at radius 1 is 0.692 bits per heavy atom. The Bertz CT molecular complexity index is 112. The van der Waals surface area contributed by atoms with E-state index in [1.807, 2.05) is 0 Å². The summed E-state index contributed by atoms with van der Waals surface area (Å²) in [4.78, 5) is 25.1. The molecule has 0 atom stereocenters. The molecule has 3 N–H and O–H groups in total. The third-order valence-electron chi connectivity index (χ3n) is 0. The van der Waals surface area contributed by atoms with Crippen LogP contribution in [0.3, 0.4) is 0 Å². The van der Waals surface area contributed by atoms with Crippen LogP contribution < -0.4 is 0 Å². The van der Waals surface area contributed by atoms with Crippen molar-refractivity contribution in [3.63, 3.8) is 0 Å². The molecule has 0 aromatic heterocycles. The van der Waals surface area contributed by atoms with Gasteiger partial charge in [-0.3, -0.25) is 0 Å². The van der Waals surface area contributed by atoms with Crippen molar-refractivity contribution < 1.29 is 48.0 Å². The summed E-state index contributed by atoms with van der Waals surface area (Å²) >= 11 is 0. The Labute approximate surface area is 79.2 Å². The first-order valence-corrected chi connectivity index (χ1v) is 1.70. The van der Waals surface area contributed by atoms with E-state index in [1.165, 1.54) is 0 Å². The topological polar surface area (TPSA) is 190 Å². The minimum absolute atomic E-state index is 0. The van der Waals surface area contributed by atoms with E-state index in [0.29, 0.717) is 0 Å². The zero-order chi connectivity index (χ0) is 10.7. The van der Waals surface area contributed by atoms with Gasteiger partial charge in [-0.1, -0.05) is 0 Å². The third-order valence-corrected chi connectivity index (χ3v) is 0. The molecule has 0 aliphatic rings. The van der Waals surface area contributed by atoms with Gasteiger partial charge < -0.3 is 15.6 Å². The molecule has 0 aromatic carbocycles. The average Bonchev–Trinajstić information content (AvgIpc) is 1.54. The van der Waals surface area contributed by atoms with Crippen molar-refractivity contribution in [1.82, 2.24) is 0 Å². The van der Waals surface area contributed by atoms with E-state index >= 15 is 0 Å². The van der Waals surface area contributed by atoms with Crippen LogP contribution in [0.4, 0.5) is 0 Å². The first-order valence-electron chi connectivity index (χ1n) is 1.70. The molecule has 0 saturated heterocycles. The molecule has 0 heterocycles.